The van der Waals surface area contributed by atoms with Crippen LogP contribution in [0, 0.1) is 0 Å². The molecular formula is C13H14BrN3O. The summed E-state index contributed by atoms with van der Waals surface area (Å²) in [4.78, 5) is 16.6. The van der Waals surface area contributed by atoms with Gasteiger partial charge in [0.1, 0.15) is 5.69 Å². The summed E-state index contributed by atoms with van der Waals surface area (Å²) < 4.78 is 0.996. The summed E-state index contributed by atoms with van der Waals surface area (Å²) in [6.45, 7) is 0.541. The van der Waals surface area contributed by atoms with Gasteiger partial charge in [-0.05, 0) is 17.7 Å². The number of nitrogens with zero attached hydrogens (tertiary/aromatic N) is 1. The number of aromatic amines is 1. The highest BCUT2D eigenvalue weighted by Gasteiger charge is 2.14. The van der Waals surface area contributed by atoms with Crippen molar-refractivity contribution in [3.63, 3.8) is 0 Å². The molecule has 0 spiro atoms. The first kappa shape index (κ1) is 12.7. The number of hydrogen-bond donors (Lipinski definition) is 2. The van der Waals surface area contributed by atoms with Gasteiger partial charge in [0, 0.05) is 29.9 Å². The molecule has 2 rings (SSSR count). The van der Waals surface area contributed by atoms with Gasteiger partial charge in [0.2, 0.25) is 0 Å². The Balaban J connectivity index is 2.11. The molecule has 0 radical (unpaired) electrons. The number of carbonyl (C=O) groups is 1. The van der Waals surface area contributed by atoms with Gasteiger partial charge in [0.25, 0.3) is 5.91 Å². The van der Waals surface area contributed by atoms with E-state index in [0.717, 1.165) is 10.0 Å². The zero-order valence-corrected chi connectivity index (χ0v) is 11.6. The molecule has 18 heavy (non-hydrogen) atoms. The van der Waals surface area contributed by atoms with E-state index in [2.05, 4.69) is 20.9 Å². The van der Waals surface area contributed by atoms with E-state index in [1.54, 1.807) is 24.2 Å². The highest BCUT2D eigenvalue weighted by atomic mass is 79.9. The highest BCUT2D eigenvalue weighted by Crippen LogP contribution is 2.18. The summed E-state index contributed by atoms with van der Waals surface area (Å²) in [5.41, 5.74) is 7.71. The summed E-state index contributed by atoms with van der Waals surface area (Å²) in [6.07, 6.45) is 1.61. The van der Waals surface area contributed by atoms with E-state index in [1.165, 1.54) is 0 Å². The van der Waals surface area contributed by atoms with Crippen molar-refractivity contribution < 1.29 is 4.79 Å². The number of nitrogens with two attached hydrogens (primary N) is 1. The molecule has 0 fully saturated rings. The van der Waals surface area contributed by atoms with E-state index >= 15 is 0 Å². The van der Waals surface area contributed by atoms with E-state index in [1.807, 2.05) is 24.3 Å². The number of nitrogen functional groups attached to an aromatic ring is 1. The Bertz CT molecular complexity index is 565. The molecule has 1 amide bonds. The van der Waals surface area contributed by atoms with Crippen LogP contribution in [-0.4, -0.2) is 22.8 Å². The van der Waals surface area contributed by atoms with Crippen LogP contribution in [0.25, 0.3) is 0 Å². The van der Waals surface area contributed by atoms with Gasteiger partial charge >= 0.3 is 0 Å². The molecular weight excluding hydrogens is 294 g/mol. The van der Waals surface area contributed by atoms with Gasteiger partial charge in [-0.2, -0.15) is 0 Å². The number of rotatable bonds is 3. The molecule has 0 aliphatic carbocycles. The number of halogens is 1. The first-order chi connectivity index (χ1) is 8.58. The Morgan fingerprint density at radius 3 is 2.78 bits per heavy atom. The molecule has 0 saturated heterocycles. The van der Waals surface area contributed by atoms with E-state index in [4.69, 9.17) is 5.73 Å². The molecule has 0 atom stereocenters. The normalized spacial score (nSPS) is 10.3. The topological polar surface area (TPSA) is 62.1 Å². The lowest BCUT2D eigenvalue weighted by atomic mass is 10.2. The number of carbonyl (C=O) groups excluding carboxylic acids is 1. The smallest absolute Gasteiger partial charge is 0.270 e. The maximum Gasteiger partial charge on any atom is 0.270 e. The van der Waals surface area contributed by atoms with Crippen molar-refractivity contribution >= 4 is 27.5 Å². The average Bonchev–Trinajstić information content (AvgIpc) is 2.78. The van der Waals surface area contributed by atoms with Gasteiger partial charge in [0.05, 0.1) is 0 Å². The summed E-state index contributed by atoms with van der Waals surface area (Å²) >= 11 is 3.47. The van der Waals surface area contributed by atoms with Crippen molar-refractivity contribution in [2.75, 3.05) is 12.8 Å². The third-order valence-electron chi connectivity index (χ3n) is 2.65. The molecule has 0 aliphatic rings. The molecule has 2 aromatic rings. The van der Waals surface area contributed by atoms with Crippen LogP contribution in [0.1, 0.15) is 16.1 Å². The van der Waals surface area contributed by atoms with Gasteiger partial charge in [-0.15, -0.1) is 0 Å². The molecule has 0 aliphatic heterocycles. The number of aromatic nitrogens is 1. The molecule has 94 valence electrons. The Morgan fingerprint density at radius 1 is 1.44 bits per heavy atom. The zero-order chi connectivity index (χ0) is 13.1. The first-order valence-electron chi connectivity index (χ1n) is 5.50. The average molecular weight is 308 g/mol. The van der Waals surface area contributed by atoms with Crippen LogP contribution >= 0.6 is 15.9 Å². The van der Waals surface area contributed by atoms with Crippen LogP contribution < -0.4 is 5.73 Å². The van der Waals surface area contributed by atoms with E-state index in [9.17, 15) is 4.79 Å². The van der Waals surface area contributed by atoms with Crippen molar-refractivity contribution in [1.29, 1.82) is 0 Å². The molecule has 0 bridgehead atoms. The van der Waals surface area contributed by atoms with E-state index in [0.29, 0.717) is 17.9 Å². The third kappa shape index (κ3) is 2.73. The number of hydrogen-bond acceptors (Lipinski definition) is 2. The van der Waals surface area contributed by atoms with Crippen molar-refractivity contribution in [3.8, 4) is 0 Å². The molecule has 1 aromatic heterocycles. The quantitative estimate of drug-likeness (QED) is 0.915. The second kappa shape index (κ2) is 5.27. The van der Waals surface area contributed by atoms with Gasteiger partial charge in [-0.25, -0.2) is 0 Å². The fraction of sp³-hybridized carbons (Fsp3) is 0.154. The summed E-state index contributed by atoms with van der Waals surface area (Å²) in [6, 6.07) is 9.47. The number of anilines is 1. The Morgan fingerprint density at radius 2 is 2.17 bits per heavy atom. The fourth-order valence-electron chi connectivity index (χ4n) is 1.69. The molecule has 0 unspecified atom stereocenters. The summed E-state index contributed by atoms with van der Waals surface area (Å²) in [5.74, 6) is -0.0811. The van der Waals surface area contributed by atoms with Crippen LogP contribution in [0.5, 0.6) is 0 Å². The van der Waals surface area contributed by atoms with Gasteiger partial charge in [-0.1, -0.05) is 34.1 Å². The molecule has 5 heteroatoms. The van der Waals surface area contributed by atoms with Crippen molar-refractivity contribution in [3.05, 3.63) is 52.3 Å². The molecule has 1 aromatic carbocycles. The Kier molecular flexibility index (Phi) is 3.72. The van der Waals surface area contributed by atoms with Gasteiger partial charge in [-0.3, -0.25) is 4.79 Å². The SMILES string of the molecule is CN(Cc1ccccc1Br)C(=O)c1cc(N)c[nH]1. The lowest BCUT2D eigenvalue weighted by Gasteiger charge is -2.17. The predicted molar refractivity (Wildman–Crippen MR) is 75.1 cm³/mol. The third-order valence-corrected chi connectivity index (χ3v) is 3.42. The molecule has 4 nitrogen and oxygen atoms in total. The molecule has 0 saturated carbocycles. The second-order valence-corrected chi connectivity index (χ2v) is 4.95. The van der Waals surface area contributed by atoms with Crippen LogP contribution in [0.4, 0.5) is 5.69 Å². The largest absolute Gasteiger partial charge is 0.397 e. The van der Waals surface area contributed by atoms with Crippen LogP contribution in [0.15, 0.2) is 41.0 Å². The lowest BCUT2D eigenvalue weighted by Crippen LogP contribution is -2.26. The Hall–Kier alpha value is -1.75. The Labute approximate surface area is 114 Å². The van der Waals surface area contributed by atoms with Gasteiger partial charge < -0.3 is 15.6 Å². The minimum Gasteiger partial charge on any atom is -0.397 e. The maximum atomic E-state index is 12.1. The standard InChI is InChI=1S/C13H14BrN3O/c1-17(8-9-4-2-3-5-11(9)14)13(18)12-6-10(15)7-16-12/h2-7,16H,8,15H2,1H3. The van der Waals surface area contributed by atoms with Crippen molar-refractivity contribution in [2.45, 2.75) is 6.54 Å². The first-order valence-corrected chi connectivity index (χ1v) is 6.30. The molecule has 1 heterocycles. The van der Waals surface area contributed by atoms with Crippen molar-refractivity contribution in [2.24, 2.45) is 0 Å². The lowest BCUT2D eigenvalue weighted by molar-refractivity contribution is 0.0780. The number of benzene rings is 1. The van der Waals surface area contributed by atoms with Crippen LogP contribution in [0.2, 0.25) is 0 Å². The minimum atomic E-state index is -0.0811. The number of amides is 1. The zero-order valence-electron chi connectivity index (χ0n) is 9.98. The minimum absolute atomic E-state index is 0.0811. The maximum absolute atomic E-state index is 12.1. The summed E-state index contributed by atoms with van der Waals surface area (Å²) in [5, 5.41) is 0. The van der Waals surface area contributed by atoms with Crippen molar-refractivity contribution in [1.82, 2.24) is 9.88 Å². The van der Waals surface area contributed by atoms with E-state index < -0.39 is 0 Å². The van der Waals surface area contributed by atoms with Crippen LogP contribution in [0.3, 0.4) is 0 Å². The number of nitrogens with one attached hydrogen (secondary N) is 1. The summed E-state index contributed by atoms with van der Waals surface area (Å²) in [7, 11) is 1.76. The fourth-order valence-corrected chi connectivity index (χ4v) is 2.10. The predicted octanol–water partition coefficient (Wildman–Crippen LogP) is 2.63. The second-order valence-electron chi connectivity index (χ2n) is 4.10. The van der Waals surface area contributed by atoms with Crippen LogP contribution in [-0.2, 0) is 6.54 Å². The van der Waals surface area contributed by atoms with Gasteiger partial charge in [0.15, 0.2) is 0 Å². The molecule has 3 N–H and O–H groups in total. The number of H-pyrrole nitrogens is 1. The monoisotopic (exact) mass is 307 g/mol. The highest BCUT2D eigenvalue weighted by molar-refractivity contribution is 9.10. The van der Waals surface area contributed by atoms with E-state index in [-0.39, 0.29) is 5.91 Å².